The highest BCUT2D eigenvalue weighted by atomic mass is 35.5. The Labute approximate surface area is 132 Å². The molecule has 1 amide bonds. The van der Waals surface area contributed by atoms with Crippen LogP contribution in [0.3, 0.4) is 0 Å². The number of carboxylic acids is 1. The Hall–Kier alpha value is -0.970. The first kappa shape index (κ1) is 17.1. The number of halogens is 3. The molecule has 0 aliphatic rings. The number of hydrogen-bond acceptors (Lipinski definition) is 2. The summed E-state index contributed by atoms with van der Waals surface area (Å²) in [7, 11) is 0. The Morgan fingerprint density at radius 2 is 1.60 bits per heavy atom. The molecule has 4 nitrogen and oxygen atoms in total. The van der Waals surface area contributed by atoms with E-state index >= 15 is 0 Å². The van der Waals surface area contributed by atoms with Crippen molar-refractivity contribution in [3.05, 3.63) is 27.2 Å². The number of benzene rings is 1. The standard InChI is InChI=1S/C13H14Cl3NO3/c1-13(2,3)9(12(19)20)11(18)17-10-7(15)4-6(14)5-8(10)16/h4-5,9H,1-3H3,(H,17,18)(H,19,20). The predicted octanol–water partition coefficient (Wildman–Crippen LogP) is 4.33. The average Bonchev–Trinajstić information content (AvgIpc) is 2.20. The molecule has 2 N–H and O–H groups in total. The van der Waals surface area contributed by atoms with Crippen molar-refractivity contribution in [1.29, 1.82) is 0 Å². The number of carbonyl (C=O) groups excluding carboxylic acids is 1. The third-order valence-corrected chi connectivity index (χ3v) is 3.44. The maximum absolute atomic E-state index is 12.1. The summed E-state index contributed by atoms with van der Waals surface area (Å²) in [5.74, 6) is -3.13. The molecule has 0 spiro atoms. The highest BCUT2D eigenvalue weighted by molar-refractivity contribution is 6.42. The van der Waals surface area contributed by atoms with Gasteiger partial charge in [0.15, 0.2) is 0 Å². The molecule has 7 heteroatoms. The second-order valence-electron chi connectivity index (χ2n) is 5.37. The Kier molecular flexibility index (Phi) is 5.30. The summed E-state index contributed by atoms with van der Waals surface area (Å²) < 4.78 is 0. The molecule has 0 aliphatic heterocycles. The van der Waals surface area contributed by atoms with Gasteiger partial charge in [-0.1, -0.05) is 55.6 Å². The molecule has 0 fully saturated rings. The van der Waals surface area contributed by atoms with Gasteiger partial charge in [-0.15, -0.1) is 0 Å². The van der Waals surface area contributed by atoms with Crippen molar-refractivity contribution >= 4 is 52.4 Å². The fourth-order valence-electron chi connectivity index (χ4n) is 1.73. The van der Waals surface area contributed by atoms with Crippen molar-refractivity contribution < 1.29 is 14.7 Å². The fraction of sp³-hybridized carbons (Fsp3) is 0.385. The quantitative estimate of drug-likeness (QED) is 0.806. The number of hydrogen-bond donors (Lipinski definition) is 2. The molecule has 0 saturated heterocycles. The van der Waals surface area contributed by atoms with E-state index in [2.05, 4.69) is 5.32 Å². The lowest BCUT2D eigenvalue weighted by Crippen LogP contribution is -2.39. The number of anilines is 1. The number of carboxylic acid groups (broad SMARTS) is 1. The Morgan fingerprint density at radius 1 is 1.15 bits per heavy atom. The van der Waals surface area contributed by atoms with Gasteiger partial charge in [0.2, 0.25) is 5.91 Å². The lowest BCUT2D eigenvalue weighted by molar-refractivity contribution is -0.149. The zero-order valence-electron chi connectivity index (χ0n) is 11.1. The summed E-state index contributed by atoms with van der Waals surface area (Å²) >= 11 is 17.7. The first-order chi connectivity index (χ1) is 9.04. The summed E-state index contributed by atoms with van der Waals surface area (Å²) in [5.41, 5.74) is -0.598. The highest BCUT2D eigenvalue weighted by Gasteiger charge is 2.38. The van der Waals surface area contributed by atoms with E-state index in [1.807, 2.05) is 0 Å². The van der Waals surface area contributed by atoms with Crippen LogP contribution in [0.15, 0.2) is 12.1 Å². The second kappa shape index (κ2) is 6.20. The molecule has 1 aromatic carbocycles. The van der Waals surface area contributed by atoms with Gasteiger partial charge in [-0.05, 0) is 17.5 Å². The van der Waals surface area contributed by atoms with E-state index in [-0.39, 0.29) is 15.7 Å². The van der Waals surface area contributed by atoms with Gasteiger partial charge < -0.3 is 10.4 Å². The topological polar surface area (TPSA) is 66.4 Å². The maximum Gasteiger partial charge on any atom is 0.316 e. The van der Waals surface area contributed by atoms with Gasteiger partial charge in [0.25, 0.3) is 0 Å². The van der Waals surface area contributed by atoms with E-state index in [1.165, 1.54) is 12.1 Å². The molecular weight excluding hydrogens is 325 g/mol. The van der Waals surface area contributed by atoms with Crippen LogP contribution in [-0.2, 0) is 9.59 Å². The Balaban J connectivity index is 3.10. The summed E-state index contributed by atoms with van der Waals surface area (Å²) in [6.07, 6.45) is 0. The van der Waals surface area contributed by atoms with Crippen LogP contribution >= 0.6 is 34.8 Å². The van der Waals surface area contributed by atoms with Gasteiger partial charge in [-0.2, -0.15) is 0 Å². The van der Waals surface area contributed by atoms with E-state index in [0.29, 0.717) is 5.02 Å². The largest absolute Gasteiger partial charge is 0.481 e. The Bertz CT molecular complexity index is 529. The molecule has 20 heavy (non-hydrogen) atoms. The maximum atomic E-state index is 12.1. The van der Waals surface area contributed by atoms with Gasteiger partial charge >= 0.3 is 5.97 Å². The molecule has 0 aliphatic carbocycles. The zero-order chi connectivity index (χ0) is 15.7. The minimum Gasteiger partial charge on any atom is -0.481 e. The molecule has 1 rings (SSSR count). The van der Waals surface area contributed by atoms with Gasteiger partial charge in [0.1, 0.15) is 5.92 Å². The first-order valence-corrected chi connectivity index (χ1v) is 6.85. The van der Waals surface area contributed by atoms with Crippen molar-refractivity contribution in [2.75, 3.05) is 5.32 Å². The van der Waals surface area contributed by atoms with Crippen molar-refractivity contribution in [2.45, 2.75) is 20.8 Å². The molecule has 0 saturated carbocycles. The van der Waals surface area contributed by atoms with Crippen LogP contribution in [0.25, 0.3) is 0 Å². The van der Waals surface area contributed by atoms with Crippen LogP contribution in [0.2, 0.25) is 15.1 Å². The summed E-state index contributed by atoms with van der Waals surface area (Å²) in [6.45, 7) is 4.99. The molecule has 0 radical (unpaired) electrons. The van der Waals surface area contributed by atoms with E-state index in [1.54, 1.807) is 20.8 Å². The summed E-state index contributed by atoms with van der Waals surface area (Å²) in [5, 5.41) is 12.3. The van der Waals surface area contributed by atoms with E-state index in [9.17, 15) is 14.7 Å². The van der Waals surface area contributed by atoms with Gasteiger partial charge in [0.05, 0.1) is 15.7 Å². The van der Waals surface area contributed by atoms with E-state index in [0.717, 1.165) is 0 Å². The van der Waals surface area contributed by atoms with E-state index < -0.39 is 23.2 Å². The van der Waals surface area contributed by atoms with Crippen LogP contribution in [0.5, 0.6) is 0 Å². The van der Waals surface area contributed by atoms with Crippen LogP contribution in [0.4, 0.5) is 5.69 Å². The highest BCUT2D eigenvalue weighted by Crippen LogP contribution is 2.35. The normalized spacial score (nSPS) is 12.9. The SMILES string of the molecule is CC(C)(C)C(C(=O)O)C(=O)Nc1c(Cl)cc(Cl)cc1Cl. The zero-order valence-corrected chi connectivity index (χ0v) is 13.4. The van der Waals surface area contributed by atoms with Crippen molar-refractivity contribution in [1.82, 2.24) is 0 Å². The number of rotatable bonds is 3. The van der Waals surface area contributed by atoms with Crippen molar-refractivity contribution in [3.8, 4) is 0 Å². The smallest absolute Gasteiger partial charge is 0.316 e. The third kappa shape index (κ3) is 4.01. The van der Waals surface area contributed by atoms with Crippen LogP contribution in [0.1, 0.15) is 20.8 Å². The van der Waals surface area contributed by atoms with Crippen LogP contribution < -0.4 is 5.32 Å². The number of aliphatic carboxylic acids is 1. The molecule has 0 bridgehead atoms. The molecule has 1 aromatic rings. The summed E-state index contributed by atoms with van der Waals surface area (Å²) in [4.78, 5) is 23.4. The Morgan fingerprint density at radius 3 is 1.95 bits per heavy atom. The number of amides is 1. The van der Waals surface area contributed by atoms with Crippen molar-refractivity contribution in [2.24, 2.45) is 11.3 Å². The monoisotopic (exact) mass is 337 g/mol. The molecule has 110 valence electrons. The fourth-order valence-corrected chi connectivity index (χ4v) is 2.64. The average molecular weight is 339 g/mol. The first-order valence-electron chi connectivity index (χ1n) is 5.72. The van der Waals surface area contributed by atoms with Crippen LogP contribution in [0, 0.1) is 11.3 Å². The predicted molar refractivity (Wildman–Crippen MR) is 80.7 cm³/mol. The number of nitrogens with one attached hydrogen (secondary N) is 1. The minimum absolute atomic E-state index is 0.147. The minimum atomic E-state index is -1.23. The lowest BCUT2D eigenvalue weighted by atomic mass is 9.80. The second-order valence-corrected chi connectivity index (χ2v) is 6.62. The molecule has 0 heterocycles. The number of carbonyl (C=O) groups is 2. The summed E-state index contributed by atoms with van der Waals surface area (Å²) in [6, 6.07) is 2.83. The molecule has 1 unspecified atom stereocenters. The lowest BCUT2D eigenvalue weighted by Gasteiger charge is -2.26. The van der Waals surface area contributed by atoms with Gasteiger partial charge in [-0.25, -0.2) is 0 Å². The van der Waals surface area contributed by atoms with E-state index in [4.69, 9.17) is 34.8 Å². The van der Waals surface area contributed by atoms with Crippen LogP contribution in [-0.4, -0.2) is 17.0 Å². The van der Waals surface area contributed by atoms with Gasteiger partial charge in [0, 0.05) is 5.02 Å². The van der Waals surface area contributed by atoms with Crippen molar-refractivity contribution in [3.63, 3.8) is 0 Å². The van der Waals surface area contributed by atoms with Gasteiger partial charge in [-0.3, -0.25) is 9.59 Å². The molecular formula is C13H14Cl3NO3. The third-order valence-electron chi connectivity index (χ3n) is 2.63. The molecule has 0 aromatic heterocycles. The molecule has 1 atom stereocenters.